The quantitative estimate of drug-likeness (QED) is 0.839. The van der Waals surface area contributed by atoms with Gasteiger partial charge >= 0.3 is 0 Å². The summed E-state index contributed by atoms with van der Waals surface area (Å²) in [6.07, 6.45) is 0. The van der Waals surface area contributed by atoms with E-state index in [9.17, 15) is 0 Å². The van der Waals surface area contributed by atoms with Gasteiger partial charge in [-0.15, -0.1) is 12.4 Å². The van der Waals surface area contributed by atoms with Gasteiger partial charge in [0.05, 0.1) is 26.4 Å². The molecule has 0 radical (unpaired) electrons. The molecule has 15 heavy (non-hydrogen) atoms. The molecular formula is C11H16ClNO2. The lowest BCUT2D eigenvalue weighted by molar-refractivity contribution is 0.0768. The molecule has 0 bridgehead atoms. The number of hydrogen-bond donors (Lipinski definition) is 1. The van der Waals surface area contributed by atoms with Crippen molar-refractivity contribution < 1.29 is 9.47 Å². The maximum atomic E-state index is 5.41. The molecule has 1 aliphatic rings. The Morgan fingerprint density at radius 3 is 3.00 bits per heavy atom. The summed E-state index contributed by atoms with van der Waals surface area (Å²) in [5, 5.41) is 3.41. The topological polar surface area (TPSA) is 30.5 Å². The van der Waals surface area contributed by atoms with Crippen LogP contribution in [0.1, 0.15) is 11.6 Å². The standard InChI is InChI=1S/C11H15NO2.ClH/c1-13-10-4-2-3-9(7-10)11-8-14-6-5-12-11;/h2-4,7,11-12H,5-6,8H2,1H3;1H. The average molecular weight is 230 g/mol. The van der Waals surface area contributed by atoms with Crippen LogP contribution in [0.5, 0.6) is 5.75 Å². The number of methoxy groups -OCH3 is 1. The molecule has 84 valence electrons. The molecule has 0 spiro atoms. The van der Waals surface area contributed by atoms with Crippen molar-refractivity contribution in [2.75, 3.05) is 26.9 Å². The Balaban J connectivity index is 0.00000112. The molecule has 1 aromatic rings. The van der Waals surface area contributed by atoms with Crippen LogP contribution in [0.15, 0.2) is 24.3 Å². The minimum atomic E-state index is 0. The highest BCUT2D eigenvalue weighted by Gasteiger charge is 2.14. The third kappa shape index (κ3) is 3.09. The van der Waals surface area contributed by atoms with Crippen molar-refractivity contribution in [3.8, 4) is 5.75 Å². The fraction of sp³-hybridized carbons (Fsp3) is 0.455. The van der Waals surface area contributed by atoms with Gasteiger partial charge in [-0.1, -0.05) is 12.1 Å². The molecule has 0 saturated carbocycles. The van der Waals surface area contributed by atoms with Crippen LogP contribution < -0.4 is 10.1 Å². The first kappa shape index (κ1) is 12.3. The average Bonchev–Trinajstić information content (AvgIpc) is 2.30. The van der Waals surface area contributed by atoms with Gasteiger partial charge in [0, 0.05) is 6.54 Å². The summed E-state index contributed by atoms with van der Waals surface area (Å²) in [6.45, 7) is 2.47. The lowest BCUT2D eigenvalue weighted by Gasteiger charge is -2.24. The van der Waals surface area contributed by atoms with Crippen LogP contribution in [0.2, 0.25) is 0 Å². The summed E-state index contributed by atoms with van der Waals surface area (Å²) in [7, 11) is 1.68. The predicted octanol–water partition coefficient (Wildman–Crippen LogP) is 1.78. The number of ether oxygens (including phenoxy) is 2. The van der Waals surface area contributed by atoms with Gasteiger partial charge in [0.1, 0.15) is 5.75 Å². The van der Waals surface area contributed by atoms with Crippen molar-refractivity contribution in [2.24, 2.45) is 0 Å². The van der Waals surface area contributed by atoms with Crippen LogP contribution in [-0.4, -0.2) is 26.9 Å². The first-order valence-corrected chi connectivity index (χ1v) is 4.85. The smallest absolute Gasteiger partial charge is 0.119 e. The molecule has 1 heterocycles. The SMILES string of the molecule is COc1cccc(C2COCCN2)c1.Cl. The van der Waals surface area contributed by atoms with E-state index < -0.39 is 0 Å². The van der Waals surface area contributed by atoms with Crippen molar-refractivity contribution in [3.05, 3.63) is 29.8 Å². The maximum Gasteiger partial charge on any atom is 0.119 e. The van der Waals surface area contributed by atoms with Gasteiger partial charge in [-0.3, -0.25) is 0 Å². The third-order valence-corrected chi connectivity index (χ3v) is 2.42. The lowest BCUT2D eigenvalue weighted by atomic mass is 10.1. The van der Waals surface area contributed by atoms with Crippen LogP contribution in [0.3, 0.4) is 0 Å². The van der Waals surface area contributed by atoms with E-state index in [1.165, 1.54) is 5.56 Å². The molecule has 1 aliphatic heterocycles. The van der Waals surface area contributed by atoms with Crippen molar-refractivity contribution in [1.82, 2.24) is 5.32 Å². The molecular weight excluding hydrogens is 214 g/mol. The van der Waals surface area contributed by atoms with Gasteiger partial charge < -0.3 is 14.8 Å². The molecule has 1 aromatic carbocycles. The van der Waals surface area contributed by atoms with Crippen molar-refractivity contribution in [2.45, 2.75) is 6.04 Å². The molecule has 1 saturated heterocycles. The molecule has 1 atom stereocenters. The van der Waals surface area contributed by atoms with E-state index in [1.807, 2.05) is 18.2 Å². The second kappa shape index (κ2) is 5.95. The number of halogens is 1. The highest BCUT2D eigenvalue weighted by atomic mass is 35.5. The number of rotatable bonds is 2. The molecule has 0 amide bonds. The number of morpholine rings is 1. The highest BCUT2D eigenvalue weighted by molar-refractivity contribution is 5.85. The molecule has 1 fully saturated rings. The van der Waals surface area contributed by atoms with Crippen LogP contribution >= 0.6 is 12.4 Å². The molecule has 2 rings (SSSR count). The van der Waals surface area contributed by atoms with Crippen LogP contribution in [0.25, 0.3) is 0 Å². The largest absolute Gasteiger partial charge is 0.497 e. The Kier molecular flexibility index (Phi) is 4.88. The molecule has 0 aliphatic carbocycles. The summed E-state index contributed by atoms with van der Waals surface area (Å²) in [5.41, 5.74) is 1.23. The second-order valence-corrected chi connectivity index (χ2v) is 3.36. The van der Waals surface area contributed by atoms with Gasteiger partial charge in [0.15, 0.2) is 0 Å². The van der Waals surface area contributed by atoms with Gasteiger partial charge in [-0.25, -0.2) is 0 Å². The summed E-state index contributed by atoms with van der Waals surface area (Å²) in [6, 6.07) is 8.40. The van der Waals surface area contributed by atoms with E-state index >= 15 is 0 Å². The zero-order valence-corrected chi connectivity index (χ0v) is 9.55. The van der Waals surface area contributed by atoms with Crippen LogP contribution in [0, 0.1) is 0 Å². The monoisotopic (exact) mass is 229 g/mol. The van der Waals surface area contributed by atoms with Crippen molar-refractivity contribution in [3.63, 3.8) is 0 Å². The van der Waals surface area contributed by atoms with Gasteiger partial charge in [0.2, 0.25) is 0 Å². The van der Waals surface area contributed by atoms with E-state index in [4.69, 9.17) is 9.47 Å². The van der Waals surface area contributed by atoms with E-state index in [0.717, 1.165) is 25.5 Å². The number of nitrogens with one attached hydrogen (secondary N) is 1. The summed E-state index contributed by atoms with van der Waals surface area (Å²) >= 11 is 0. The highest BCUT2D eigenvalue weighted by Crippen LogP contribution is 2.20. The lowest BCUT2D eigenvalue weighted by Crippen LogP contribution is -2.34. The Morgan fingerprint density at radius 2 is 2.33 bits per heavy atom. The van der Waals surface area contributed by atoms with E-state index in [-0.39, 0.29) is 12.4 Å². The van der Waals surface area contributed by atoms with Crippen LogP contribution in [0.4, 0.5) is 0 Å². The summed E-state index contributed by atoms with van der Waals surface area (Å²) < 4.78 is 10.6. The number of hydrogen-bond acceptors (Lipinski definition) is 3. The zero-order chi connectivity index (χ0) is 9.80. The van der Waals surface area contributed by atoms with Crippen molar-refractivity contribution >= 4 is 12.4 Å². The normalized spacial score (nSPS) is 20.5. The van der Waals surface area contributed by atoms with Gasteiger partial charge in [-0.05, 0) is 17.7 Å². The molecule has 1 unspecified atom stereocenters. The van der Waals surface area contributed by atoms with Gasteiger partial charge in [-0.2, -0.15) is 0 Å². The zero-order valence-electron chi connectivity index (χ0n) is 8.73. The van der Waals surface area contributed by atoms with E-state index in [2.05, 4.69) is 11.4 Å². The fourth-order valence-electron chi connectivity index (χ4n) is 1.64. The molecule has 3 nitrogen and oxygen atoms in total. The molecule has 0 aromatic heterocycles. The minimum absolute atomic E-state index is 0. The third-order valence-electron chi connectivity index (χ3n) is 2.42. The Labute approximate surface area is 96.2 Å². The Morgan fingerprint density at radius 1 is 1.47 bits per heavy atom. The first-order valence-electron chi connectivity index (χ1n) is 4.85. The van der Waals surface area contributed by atoms with Crippen LogP contribution in [-0.2, 0) is 4.74 Å². The second-order valence-electron chi connectivity index (χ2n) is 3.36. The van der Waals surface area contributed by atoms with Gasteiger partial charge in [0.25, 0.3) is 0 Å². The van der Waals surface area contributed by atoms with E-state index in [1.54, 1.807) is 7.11 Å². The van der Waals surface area contributed by atoms with E-state index in [0.29, 0.717) is 6.04 Å². The fourth-order valence-corrected chi connectivity index (χ4v) is 1.64. The summed E-state index contributed by atoms with van der Waals surface area (Å²) in [4.78, 5) is 0. The minimum Gasteiger partial charge on any atom is -0.497 e. The Hall–Kier alpha value is -0.770. The Bertz CT molecular complexity index is 300. The predicted molar refractivity (Wildman–Crippen MR) is 61.8 cm³/mol. The van der Waals surface area contributed by atoms with Crippen molar-refractivity contribution in [1.29, 1.82) is 0 Å². The first-order chi connectivity index (χ1) is 6.90. The maximum absolute atomic E-state index is 5.41. The molecule has 1 N–H and O–H groups in total. The number of benzene rings is 1. The summed E-state index contributed by atoms with van der Waals surface area (Å²) in [5.74, 6) is 0.898. The molecule has 4 heteroatoms.